The maximum absolute atomic E-state index is 13.1. The summed E-state index contributed by atoms with van der Waals surface area (Å²) >= 11 is 6.50. The van der Waals surface area contributed by atoms with Crippen LogP contribution < -0.4 is 18.9 Å². The van der Waals surface area contributed by atoms with E-state index >= 15 is 0 Å². The van der Waals surface area contributed by atoms with Crippen molar-refractivity contribution in [3.05, 3.63) is 82.9 Å². The summed E-state index contributed by atoms with van der Waals surface area (Å²) in [5.74, 6) is 2.58. The summed E-state index contributed by atoms with van der Waals surface area (Å²) < 4.78 is 22.0. The number of likely N-dealkylation sites (tertiary alicyclic amines) is 1. The lowest BCUT2D eigenvalue weighted by molar-refractivity contribution is -0.164. The first-order valence-corrected chi connectivity index (χ1v) is 11.0. The number of β-lactam (4-membered cyclic amide) rings is 1. The van der Waals surface area contributed by atoms with E-state index in [2.05, 4.69) is 0 Å². The lowest BCUT2D eigenvalue weighted by Crippen LogP contribution is -2.61. The van der Waals surface area contributed by atoms with E-state index in [9.17, 15) is 4.79 Å². The summed E-state index contributed by atoms with van der Waals surface area (Å²) in [6.45, 7) is 0.521. The quantitative estimate of drug-likeness (QED) is 0.417. The van der Waals surface area contributed by atoms with E-state index in [1.807, 2.05) is 47.4 Å². The molecule has 7 heteroatoms. The van der Waals surface area contributed by atoms with Crippen LogP contribution in [0.2, 0.25) is 5.02 Å². The standard InChI is InChI=1S/C26H26ClNO5/c1-30-18-9-11-19(12-10-18)33-25-24(20-6-4-5-7-21(20)27)28(26(25)29)15-14-17-8-13-22(31-2)23(16-17)32-3/h4-13,16,24-25H,14-15H2,1-3H3/t24-,25+/m0/s1. The normalized spacial score (nSPS) is 17.3. The fourth-order valence-electron chi connectivity index (χ4n) is 4.01. The van der Waals surface area contributed by atoms with Crippen LogP contribution in [0, 0.1) is 0 Å². The number of amides is 1. The van der Waals surface area contributed by atoms with E-state index in [0.29, 0.717) is 35.2 Å². The molecule has 1 fully saturated rings. The van der Waals surface area contributed by atoms with Gasteiger partial charge in [-0.2, -0.15) is 0 Å². The SMILES string of the molecule is COc1ccc(O[C@H]2C(=O)N(CCc3ccc(OC)c(OC)c3)[C@H]2c2ccccc2Cl)cc1. The Morgan fingerprint density at radius 2 is 1.55 bits per heavy atom. The summed E-state index contributed by atoms with van der Waals surface area (Å²) in [5, 5.41) is 0.606. The number of carbonyl (C=O) groups excluding carboxylic acids is 1. The smallest absolute Gasteiger partial charge is 0.266 e. The lowest BCUT2D eigenvalue weighted by Gasteiger charge is -2.47. The van der Waals surface area contributed by atoms with Crippen LogP contribution in [-0.2, 0) is 11.2 Å². The van der Waals surface area contributed by atoms with Gasteiger partial charge >= 0.3 is 0 Å². The summed E-state index contributed by atoms with van der Waals surface area (Å²) in [7, 11) is 4.82. The van der Waals surface area contributed by atoms with Gasteiger partial charge < -0.3 is 23.8 Å². The van der Waals surface area contributed by atoms with Crippen LogP contribution in [-0.4, -0.2) is 44.8 Å². The predicted octanol–water partition coefficient (Wildman–Crippen LogP) is 4.94. The van der Waals surface area contributed by atoms with Gasteiger partial charge in [-0.15, -0.1) is 0 Å². The highest BCUT2D eigenvalue weighted by Crippen LogP contribution is 2.41. The highest BCUT2D eigenvalue weighted by Gasteiger charge is 2.50. The average molecular weight is 468 g/mol. The third-order valence-corrected chi connectivity index (χ3v) is 6.13. The number of nitrogens with zero attached hydrogens (tertiary/aromatic N) is 1. The second-order valence-electron chi connectivity index (χ2n) is 7.65. The topological polar surface area (TPSA) is 57.2 Å². The number of benzene rings is 3. The van der Waals surface area contributed by atoms with Crippen LogP contribution in [0.15, 0.2) is 66.7 Å². The van der Waals surface area contributed by atoms with Crippen molar-refractivity contribution in [2.75, 3.05) is 27.9 Å². The maximum atomic E-state index is 13.1. The first kappa shape index (κ1) is 22.8. The van der Waals surface area contributed by atoms with Crippen molar-refractivity contribution < 1.29 is 23.7 Å². The first-order chi connectivity index (χ1) is 16.0. The van der Waals surface area contributed by atoms with Gasteiger partial charge in [-0.05, 0) is 60.0 Å². The molecule has 2 atom stereocenters. The van der Waals surface area contributed by atoms with E-state index in [-0.39, 0.29) is 11.9 Å². The molecule has 1 amide bonds. The first-order valence-electron chi connectivity index (χ1n) is 10.6. The van der Waals surface area contributed by atoms with Crippen LogP contribution in [0.3, 0.4) is 0 Å². The third-order valence-electron chi connectivity index (χ3n) is 5.78. The molecule has 3 aromatic rings. The minimum absolute atomic E-state index is 0.0729. The van der Waals surface area contributed by atoms with E-state index in [0.717, 1.165) is 16.9 Å². The van der Waals surface area contributed by atoms with Crippen LogP contribution in [0.5, 0.6) is 23.0 Å². The molecule has 0 aliphatic carbocycles. The van der Waals surface area contributed by atoms with Crippen molar-refractivity contribution >= 4 is 17.5 Å². The molecule has 0 bridgehead atoms. The Hall–Kier alpha value is -3.38. The number of carbonyl (C=O) groups is 1. The Balaban J connectivity index is 1.54. The van der Waals surface area contributed by atoms with Crippen molar-refractivity contribution in [1.82, 2.24) is 4.90 Å². The van der Waals surface area contributed by atoms with Crippen molar-refractivity contribution in [1.29, 1.82) is 0 Å². The van der Waals surface area contributed by atoms with Crippen LogP contribution in [0.25, 0.3) is 0 Å². The number of hydrogen-bond acceptors (Lipinski definition) is 5. The van der Waals surface area contributed by atoms with Gasteiger partial charge in [0, 0.05) is 11.6 Å². The second kappa shape index (κ2) is 10.0. The van der Waals surface area contributed by atoms with E-state index in [1.165, 1.54) is 0 Å². The molecule has 1 heterocycles. The zero-order valence-corrected chi connectivity index (χ0v) is 19.5. The monoisotopic (exact) mass is 467 g/mol. The molecule has 0 aromatic heterocycles. The van der Waals surface area contributed by atoms with Gasteiger partial charge in [-0.1, -0.05) is 35.9 Å². The molecule has 1 aliphatic heterocycles. The Bertz CT molecular complexity index is 1120. The summed E-state index contributed by atoms with van der Waals surface area (Å²) in [6, 6.07) is 20.2. The summed E-state index contributed by atoms with van der Waals surface area (Å²) in [6.07, 6.45) is 0.00571. The van der Waals surface area contributed by atoms with Crippen LogP contribution in [0.1, 0.15) is 17.2 Å². The van der Waals surface area contributed by atoms with E-state index in [4.69, 9.17) is 30.5 Å². The van der Waals surface area contributed by atoms with Crippen molar-refractivity contribution in [2.45, 2.75) is 18.6 Å². The average Bonchev–Trinajstić information content (AvgIpc) is 2.86. The second-order valence-corrected chi connectivity index (χ2v) is 8.06. The molecule has 0 spiro atoms. The molecular formula is C26H26ClNO5. The van der Waals surface area contributed by atoms with Gasteiger partial charge in [-0.25, -0.2) is 0 Å². The molecular weight excluding hydrogens is 442 g/mol. The molecule has 4 rings (SSSR count). The Morgan fingerprint density at radius 3 is 2.21 bits per heavy atom. The molecule has 0 radical (unpaired) electrons. The molecule has 0 N–H and O–H groups in total. The van der Waals surface area contributed by atoms with Crippen molar-refractivity contribution in [3.63, 3.8) is 0 Å². The lowest BCUT2D eigenvalue weighted by atomic mass is 9.89. The van der Waals surface area contributed by atoms with Gasteiger partial charge in [0.1, 0.15) is 17.5 Å². The minimum atomic E-state index is -0.649. The fraction of sp³-hybridized carbons (Fsp3) is 0.269. The number of halogens is 1. The van der Waals surface area contributed by atoms with Crippen LogP contribution in [0.4, 0.5) is 0 Å². The Kier molecular flexibility index (Phi) is 6.94. The molecule has 1 saturated heterocycles. The van der Waals surface area contributed by atoms with Crippen molar-refractivity contribution in [2.24, 2.45) is 0 Å². The third kappa shape index (κ3) is 4.71. The van der Waals surface area contributed by atoms with Gasteiger partial charge in [0.2, 0.25) is 6.10 Å². The minimum Gasteiger partial charge on any atom is -0.497 e. The van der Waals surface area contributed by atoms with E-state index < -0.39 is 6.10 Å². The molecule has 6 nitrogen and oxygen atoms in total. The van der Waals surface area contributed by atoms with Crippen LogP contribution >= 0.6 is 11.6 Å². The molecule has 33 heavy (non-hydrogen) atoms. The highest BCUT2D eigenvalue weighted by atomic mass is 35.5. The van der Waals surface area contributed by atoms with Gasteiger partial charge in [0.25, 0.3) is 5.91 Å². The number of rotatable bonds is 9. The zero-order valence-electron chi connectivity index (χ0n) is 18.8. The maximum Gasteiger partial charge on any atom is 0.266 e. The highest BCUT2D eigenvalue weighted by molar-refractivity contribution is 6.31. The molecule has 1 aliphatic rings. The van der Waals surface area contributed by atoms with Crippen molar-refractivity contribution in [3.8, 4) is 23.0 Å². The fourth-order valence-corrected chi connectivity index (χ4v) is 4.26. The molecule has 0 unspecified atom stereocenters. The summed E-state index contributed by atoms with van der Waals surface area (Å²) in [4.78, 5) is 14.9. The molecule has 3 aromatic carbocycles. The van der Waals surface area contributed by atoms with E-state index in [1.54, 1.807) is 45.6 Å². The summed E-state index contributed by atoms with van der Waals surface area (Å²) in [5.41, 5.74) is 1.91. The Morgan fingerprint density at radius 1 is 0.848 bits per heavy atom. The number of hydrogen-bond donors (Lipinski definition) is 0. The predicted molar refractivity (Wildman–Crippen MR) is 127 cm³/mol. The van der Waals surface area contributed by atoms with Gasteiger partial charge in [-0.3, -0.25) is 4.79 Å². The Labute approximate surface area is 198 Å². The van der Waals surface area contributed by atoms with Gasteiger partial charge in [0.05, 0.1) is 21.3 Å². The largest absolute Gasteiger partial charge is 0.497 e. The molecule has 0 saturated carbocycles. The molecule has 172 valence electrons. The zero-order chi connectivity index (χ0) is 23.4. The number of ether oxygens (including phenoxy) is 4. The number of methoxy groups -OCH3 is 3. The van der Waals surface area contributed by atoms with Gasteiger partial charge in [0.15, 0.2) is 11.5 Å².